The van der Waals surface area contributed by atoms with Crippen molar-refractivity contribution in [1.82, 2.24) is 9.62 Å². The standard InChI is InChI=1S/C19H22ClN3O3S/c1-2-21-27(25,26)18-8-6-15(7-9-18)19(24)23-12-10-22(11-13-23)17-5-3-4-16(20)14-17/h3-9,14,21H,2,10-13H2,1H3. The number of benzene rings is 2. The normalized spacial score (nSPS) is 15.0. The zero-order valence-electron chi connectivity index (χ0n) is 15.1. The van der Waals surface area contributed by atoms with Crippen LogP contribution in [-0.2, 0) is 10.0 Å². The smallest absolute Gasteiger partial charge is 0.253 e. The molecule has 6 nitrogen and oxygen atoms in total. The highest BCUT2D eigenvalue weighted by atomic mass is 35.5. The Bertz CT molecular complexity index is 908. The number of anilines is 1. The van der Waals surface area contributed by atoms with Crippen molar-refractivity contribution in [2.45, 2.75) is 11.8 Å². The molecule has 0 spiro atoms. The van der Waals surface area contributed by atoms with Gasteiger partial charge in [0.2, 0.25) is 10.0 Å². The highest BCUT2D eigenvalue weighted by molar-refractivity contribution is 7.89. The second-order valence-corrected chi connectivity index (χ2v) is 8.49. The van der Waals surface area contributed by atoms with Crippen molar-refractivity contribution >= 4 is 33.2 Å². The third-order valence-corrected chi connectivity index (χ3v) is 6.28. The topological polar surface area (TPSA) is 69.7 Å². The zero-order chi connectivity index (χ0) is 19.4. The van der Waals surface area contributed by atoms with Crippen LogP contribution in [-0.4, -0.2) is 51.9 Å². The summed E-state index contributed by atoms with van der Waals surface area (Å²) in [6.45, 7) is 4.68. The largest absolute Gasteiger partial charge is 0.368 e. The molecule has 1 amide bonds. The lowest BCUT2D eigenvalue weighted by Gasteiger charge is -2.36. The van der Waals surface area contributed by atoms with Gasteiger partial charge in [-0.3, -0.25) is 4.79 Å². The van der Waals surface area contributed by atoms with E-state index in [-0.39, 0.29) is 10.8 Å². The molecule has 3 rings (SSSR count). The summed E-state index contributed by atoms with van der Waals surface area (Å²) in [6.07, 6.45) is 0. The Morgan fingerprint density at radius 3 is 2.33 bits per heavy atom. The van der Waals surface area contributed by atoms with Crippen molar-refractivity contribution in [2.24, 2.45) is 0 Å². The summed E-state index contributed by atoms with van der Waals surface area (Å²) < 4.78 is 26.4. The number of nitrogens with zero attached hydrogens (tertiary/aromatic N) is 2. The molecule has 27 heavy (non-hydrogen) atoms. The Morgan fingerprint density at radius 1 is 1.07 bits per heavy atom. The number of sulfonamides is 1. The molecule has 8 heteroatoms. The zero-order valence-corrected chi connectivity index (χ0v) is 16.6. The van der Waals surface area contributed by atoms with Crippen molar-refractivity contribution in [2.75, 3.05) is 37.6 Å². The lowest BCUT2D eigenvalue weighted by atomic mass is 10.1. The molecule has 1 saturated heterocycles. The van der Waals surface area contributed by atoms with E-state index in [2.05, 4.69) is 9.62 Å². The molecule has 0 radical (unpaired) electrons. The Hall–Kier alpha value is -2.09. The maximum absolute atomic E-state index is 12.7. The van der Waals surface area contributed by atoms with Gasteiger partial charge in [-0.05, 0) is 42.5 Å². The number of nitrogens with one attached hydrogen (secondary N) is 1. The maximum atomic E-state index is 12.7. The minimum Gasteiger partial charge on any atom is -0.368 e. The molecule has 1 aliphatic rings. The molecule has 1 N–H and O–H groups in total. The van der Waals surface area contributed by atoms with Crippen molar-refractivity contribution in [1.29, 1.82) is 0 Å². The van der Waals surface area contributed by atoms with Gasteiger partial charge in [-0.15, -0.1) is 0 Å². The van der Waals surface area contributed by atoms with Gasteiger partial charge in [-0.1, -0.05) is 24.6 Å². The van der Waals surface area contributed by atoms with Crippen LogP contribution in [0.15, 0.2) is 53.4 Å². The van der Waals surface area contributed by atoms with Crippen molar-refractivity contribution in [3.8, 4) is 0 Å². The number of piperazine rings is 1. The SMILES string of the molecule is CCNS(=O)(=O)c1ccc(C(=O)N2CCN(c3cccc(Cl)c3)CC2)cc1. The van der Waals surface area contributed by atoms with E-state index < -0.39 is 10.0 Å². The lowest BCUT2D eigenvalue weighted by molar-refractivity contribution is 0.0746. The first-order valence-corrected chi connectivity index (χ1v) is 10.7. The van der Waals surface area contributed by atoms with Crippen LogP contribution in [0.4, 0.5) is 5.69 Å². The van der Waals surface area contributed by atoms with Crippen molar-refractivity contribution < 1.29 is 13.2 Å². The lowest BCUT2D eigenvalue weighted by Crippen LogP contribution is -2.48. The van der Waals surface area contributed by atoms with E-state index in [1.165, 1.54) is 12.1 Å². The maximum Gasteiger partial charge on any atom is 0.253 e. The Balaban J connectivity index is 1.64. The fourth-order valence-corrected chi connectivity index (χ4v) is 4.30. The number of amides is 1. The summed E-state index contributed by atoms with van der Waals surface area (Å²) in [5, 5.41) is 0.693. The minimum absolute atomic E-state index is 0.0897. The molecule has 1 heterocycles. The summed E-state index contributed by atoms with van der Waals surface area (Å²) in [4.78, 5) is 16.8. The number of carbonyl (C=O) groups excluding carboxylic acids is 1. The summed E-state index contributed by atoms with van der Waals surface area (Å²) in [5.41, 5.74) is 1.54. The monoisotopic (exact) mass is 407 g/mol. The number of carbonyl (C=O) groups is 1. The van der Waals surface area contributed by atoms with Gasteiger partial charge in [0.05, 0.1) is 4.90 Å². The van der Waals surface area contributed by atoms with Gasteiger partial charge in [0.25, 0.3) is 5.91 Å². The Morgan fingerprint density at radius 2 is 1.74 bits per heavy atom. The molecule has 1 aliphatic heterocycles. The van der Waals surface area contributed by atoms with Crippen LogP contribution in [0.2, 0.25) is 5.02 Å². The summed E-state index contributed by atoms with van der Waals surface area (Å²) in [7, 11) is -3.51. The second-order valence-electron chi connectivity index (χ2n) is 6.28. The van der Waals surface area contributed by atoms with E-state index >= 15 is 0 Å². The molecular weight excluding hydrogens is 386 g/mol. The first-order valence-electron chi connectivity index (χ1n) is 8.80. The van der Waals surface area contributed by atoms with E-state index in [1.54, 1.807) is 24.0 Å². The molecule has 0 bridgehead atoms. The fraction of sp³-hybridized carbons (Fsp3) is 0.316. The quantitative estimate of drug-likeness (QED) is 0.827. The van der Waals surface area contributed by atoms with Crippen LogP contribution in [0.1, 0.15) is 17.3 Å². The molecule has 0 saturated carbocycles. The van der Waals surface area contributed by atoms with E-state index in [0.29, 0.717) is 30.2 Å². The number of rotatable bonds is 5. The average Bonchev–Trinajstić information content (AvgIpc) is 2.68. The number of hydrogen-bond acceptors (Lipinski definition) is 4. The van der Waals surface area contributed by atoms with Crippen LogP contribution in [0.5, 0.6) is 0 Å². The number of halogens is 1. The predicted molar refractivity (Wildman–Crippen MR) is 107 cm³/mol. The van der Waals surface area contributed by atoms with Crippen molar-refractivity contribution in [3.63, 3.8) is 0 Å². The van der Waals surface area contributed by atoms with Gasteiger partial charge in [-0.25, -0.2) is 13.1 Å². The molecular formula is C19H22ClN3O3S. The average molecular weight is 408 g/mol. The highest BCUT2D eigenvalue weighted by Crippen LogP contribution is 2.21. The summed E-state index contributed by atoms with van der Waals surface area (Å²) in [6, 6.07) is 13.7. The summed E-state index contributed by atoms with van der Waals surface area (Å²) in [5.74, 6) is -0.0897. The molecule has 0 aliphatic carbocycles. The second kappa shape index (κ2) is 8.29. The highest BCUT2D eigenvalue weighted by Gasteiger charge is 2.23. The first kappa shape index (κ1) is 19.7. The predicted octanol–water partition coefficient (Wildman–Crippen LogP) is 2.60. The summed E-state index contributed by atoms with van der Waals surface area (Å²) >= 11 is 6.05. The van der Waals surface area contributed by atoms with Crippen LogP contribution in [0.3, 0.4) is 0 Å². The van der Waals surface area contributed by atoms with Crippen molar-refractivity contribution in [3.05, 3.63) is 59.1 Å². The molecule has 1 fully saturated rings. The Labute approximate surface area is 164 Å². The van der Waals surface area contributed by atoms with E-state index in [9.17, 15) is 13.2 Å². The molecule has 2 aromatic rings. The van der Waals surface area contributed by atoms with Crippen LogP contribution < -0.4 is 9.62 Å². The molecule has 0 atom stereocenters. The molecule has 144 valence electrons. The van der Waals surface area contributed by atoms with E-state index in [0.717, 1.165) is 18.8 Å². The third-order valence-electron chi connectivity index (χ3n) is 4.49. The van der Waals surface area contributed by atoms with E-state index in [4.69, 9.17) is 11.6 Å². The van der Waals surface area contributed by atoms with Gasteiger partial charge in [0.1, 0.15) is 0 Å². The van der Waals surface area contributed by atoms with E-state index in [1.807, 2.05) is 24.3 Å². The van der Waals surface area contributed by atoms with Gasteiger partial charge in [0.15, 0.2) is 0 Å². The number of hydrogen-bond donors (Lipinski definition) is 1. The fourth-order valence-electron chi connectivity index (χ4n) is 3.07. The minimum atomic E-state index is -3.51. The first-order chi connectivity index (χ1) is 12.9. The van der Waals surface area contributed by atoms with Crippen LogP contribution in [0.25, 0.3) is 0 Å². The van der Waals surface area contributed by atoms with Gasteiger partial charge < -0.3 is 9.80 Å². The molecule has 0 unspecified atom stereocenters. The van der Waals surface area contributed by atoms with Gasteiger partial charge >= 0.3 is 0 Å². The molecule has 0 aromatic heterocycles. The van der Waals surface area contributed by atoms with Gasteiger partial charge in [0, 0.05) is 49.0 Å². The van der Waals surface area contributed by atoms with Crippen LogP contribution >= 0.6 is 11.6 Å². The Kier molecular flexibility index (Phi) is 6.04. The molecule has 2 aromatic carbocycles. The van der Waals surface area contributed by atoms with Gasteiger partial charge in [-0.2, -0.15) is 0 Å². The third kappa shape index (κ3) is 4.61. The van der Waals surface area contributed by atoms with Crippen LogP contribution in [0, 0.1) is 0 Å².